The molecule has 10 heteroatoms. The molecule has 0 aliphatic carbocycles. The summed E-state index contributed by atoms with van der Waals surface area (Å²) in [5.41, 5.74) is 5.32. The first kappa shape index (κ1) is 29.6. The average molecular weight is 561 g/mol. The molecule has 2 atom stereocenters. The van der Waals surface area contributed by atoms with Gasteiger partial charge < -0.3 is 25.2 Å². The van der Waals surface area contributed by atoms with Gasteiger partial charge in [0.25, 0.3) is 5.91 Å². The molecule has 0 spiro atoms. The molecule has 0 radical (unpaired) electrons. The second kappa shape index (κ2) is 13.3. The predicted octanol–water partition coefficient (Wildman–Crippen LogP) is 4.05. The van der Waals surface area contributed by atoms with Gasteiger partial charge in [0, 0.05) is 30.1 Å². The number of aliphatic carboxylic acids is 1. The Balaban J connectivity index is 1.76. The maximum Gasteiger partial charge on any atom is 0.305 e. The minimum atomic E-state index is -1.18. The summed E-state index contributed by atoms with van der Waals surface area (Å²) in [5.74, 6) is -1.89. The van der Waals surface area contributed by atoms with E-state index in [4.69, 9.17) is 5.11 Å². The van der Waals surface area contributed by atoms with Crippen molar-refractivity contribution in [1.29, 1.82) is 0 Å². The van der Waals surface area contributed by atoms with Gasteiger partial charge in [-0.3, -0.25) is 19.6 Å². The summed E-state index contributed by atoms with van der Waals surface area (Å²) in [6.45, 7) is 1.99. The van der Waals surface area contributed by atoms with Crippen LogP contribution in [0.1, 0.15) is 46.8 Å². The number of benzene rings is 2. The van der Waals surface area contributed by atoms with Gasteiger partial charge in [0.2, 0.25) is 0 Å². The smallest absolute Gasteiger partial charge is 0.305 e. The Hall–Kier alpha value is -4.41. The van der Waals surface area contributed by atoms with E-state index in [9.17, 15) is 24.2 Å². The van der Waals surface area contributed by atoms with Crippen LogP contribution in [0.5, 0.6) is 0 Å². The molecular formula is C31H33FN4O5. The van der Waals surface area contributed by atoms with Crippen molar-refractivity contribution in [2.75, 3.05) is 0 Å². The van der Waals surface area contributed by atoms with Crippen LogP contribution >= 0.6 is 0 Å². The number of nitrogens with one attached hydrogen (secondary N) is 1. The van der Waals surface area contributed by atoms with Crippen LogP contribution in [-0.4, -0.2) is 53.9 Å². The lowest BCUT2D eigenvalue weighted by Gasteiger charge is -2.16. The van der Waals surface area contributed by atoms with Crippen LogP contribution in [0.25, 0.3) is 22.3 Å². The van der Waals surface area contributed by atoms with E-state index >= 15 is 0 Å². The number of aromatic nitrogens is 3. The van der Waals surface area contributed by atoms with Gasteiger partial charge in [0.05, 0.1) is 42.8 Å². The minimum Gasteiger partial charge on any atom is -0.481 e. The van der Waals surface area contributed by atoms with Gasteiger partial charge in [-0.05, 0) is 49.4 Å². The highest BCUT2D eigenvalue weighted by molar-refractivity contribution is 6.05. The molecule has 0 aliphatic heterocycles. The molecule has 2 heterocycles. The van der Waals surface area contributed by atoms with Crippen LogP contribution in [0.15, 0.2) is 67.0 Å². The predicted molar refractivity (Wildman–Crippen MR) is 151 cm³/mol. The number of halogens is 1. The summed E-state index contributed by atoms with van der Waals surface area (Å²) in [6, 6.07) is 15.4. The van der Waals surface area contributed by atoms with E-state index in [1.165, 1.54) is 12.1 Å². The number of carbonyl (C=O) groups is 2. The summed E-state index contributed by atoms with van der Waals surface area (Å²) in [7, 11) is 1.76. The molecule has 4 N–H and O–H groups in total. The summed E-state index contributed by atoms with van der Waals surface area (Å²) in [5, 5.41) is 32.5. The lowest BCUT2D eigenvalue weighted by molar-refractivity contribution is -0.139. The van der Waals surface area contributed by atoms with Gasteiger partial charge in [0.15, 0.2) is 0 Å². The van der Waals surface area contributed by atoms with Crippen LogP contribution in [0.4, 0.5) is 4.39 Å². The minimum absolute atomic E-state index is 0.0981. The molecule has 0 saturated heterocycles. The van der Waals surface area contributed by atoms with Crippen LogP contribution in [0.2, 0.25) is 0 Å². The van der Waals surface area contributed by atoms with Crippen molar-refractivity contribution in [3.63, 3.8) is 0 Å². The molecule has 4 rings (SSSR count). The summed E-state index contributed by atoms with van der Waals surface area (Å²) in [4.78, 5) is 33.2. The maximum absolute atomic E-state index is 13.9. The van der Waals surface area contributed by atoms with E-state index < -0.39 is 30.4 Å². The summed E-state index contributed by atoms with van der Waals surface area (Å²) >= 11 is 0. The number of aliphatic hydroxyl groups excluding tert-OH is 2. The number of aryl methyl sites for hydroxylation is 1. The third-order valence-corrected chi connectivity index (χ3v) is 6.86. The van der Waals surface area contributed by atoms with Gasteiger partial charge >= 0.3 is 5.97 Å². The van der Waals surface area contributed by atoms with Crippen LogP contribution in [0, 0.1) is 12.7 Å². The lowest BCUT2D eigenvalue weighted by atomic mass is 9.92. The zero-order valence-electron chi connectivity index (χ0n) is 22.9. The molecule has 0 fully saturated rings. The average Bonchev–Trinajstić information content (AvgIpc) is 3.23. The van der Waals surface area contributed by atoms with Gasteiger partial charge in [-0.2, -0.15) is 0 Å². The van der Waals surface area contributed by atoms with Crippen LogP contribution in [0.3, 0.4) is 0 Å². The Kier molecular flexibility index (Phi) is 9.59. The second-order valence-corrected chi connectivity index (χ2v) is 9.99. The summed E-state index contributed by atoms with van der Waals surface area (Å²) < 4.78 is 15.7. The molecule has 0 saturated carbocycles. The summed E-state index contributed by atoms with van der Waals surface area (Å²) in [6.07, 6.45) is 1.03. The molecule has 4 aromatic rings. The number of carboxylic acids is 1. The Labute approximate surface area is 237 Å². The molecule has 0 aliphatic rings. The fourth-order valence-electron chi connectivity index (χ4n) is 4.89. The molecule has 0 unspecified atom stereocenters. The van der Waals surface area contributed by atoms with Gasteiger partial charge in [-0.25, -0.2) is 4.39 Å². The van der Waals surface area contributed by atoms with Crippen molar-refractivity contribution < 1.29 is 29.3 Å². The van der Waals surface area contributed by atoms with Crippen molar-refractivity contribution >= 4 is 11.9 Å². The van der Waals surface area contributed by atoms with E-state index in [1.807, 2.05) is 37.3 Å². The zero-order valence-corrected chi connectivity index (χ0v) is 22.9. The SMILES string of the molecule is Cc1cnc(CNC(=O)c2c(-c3ccccc3)c(-c3ccc(F)cc3)c(CC[C@@H](O)C[C@@H](O)CC(=O)O)n2C)cn1. The van der Waals surface area contributed by atoms with Gasteiger partial charge in [-0.15, -0.1) is 0 Å². The van der Waals surface area contributed by atoms with E-state index in [0.717, 1.165) is 22.5 Å². The fraction of sp³-hybridized carbons (Fsp3) is 0.290. The first-order chi connectivity index (χ1) is 19.6. The lowest BCUT2D eigenvalue weighted by Crippen LogP contribution is -2.26. The van der Waals surface area contributed by atoms with Crippen molar-refractivity contribution in [3.05, 3.63) is 95.6 Å². The number of aliphatic hydroxyl groups is 2. The molecule has 2 aromatic heterocycles. The van der Waals surface area contributed by atoms with E-state index in [-0.39, 0.29) is 25.3 Å². The number of nitrogens with zero attached hydrogens (tertiary/aromatic N) is 3. The van der Waals surface area contributed by atoms with Crippen LogP contribution < -0.4 is 5.32 Å². The number of rotatable bonds is 12. The fourth-order valence-corrected chi connectivity index (χ4v) is 4.89. The Morgan fingerprint density at radius 1 is 0.951 bits per heavy atom. The van der Waals surface area contributed by atoms with Crippen molar-refractivity contribution in [3.8, 4) is 22.3 Å². The maximum atomic E-state index is 13.9. The molecule has 41 heavy (non-hydrogen) atoms. The van der Waals surface area contributed by atoms with Gasteiger partial charge in [0.1, 0.15) is 11.5 Å². The highest BCUT2D eigenvalue weighted by Gasteiger charge is 2.28. The number of carboxylic acid groups (broad SMARTS) is 1. The first-order valence-electron chi connectivity index (χ1n) is 13.3. The normalized spacial score (nSPS) is 12.6. The molecule has 2 aromatic carbocycles. The van der Waals surface area contributed by atoms with Crippen molar-refractivity contribution in [1.82, 2.24) is 19.9 Å². The number of hydrogen-bond donors (Lipinski definition) is 4. The Bertz CT molecular complexity index is 1490. The topological polar surface area (TPSA) is 138 Å². The third-order valence-electron chi connectivity index (χ3n) is 6.86. The van der Waals surface area contributed by atoms with Crippen LogP contribution in [-0.2, 0) is 24.8 Å². The number of carbonyl (C=O) groups excluding carboxylic acids is 1. The number of amides is 1. The second-order valence-electron chi connectivity index (χ2n) is 9.99. The first-order valence-corrected chi connectivity index (χ1v) is 13.3. The largest absolute Gasteiger partial charge is 0.481 e. The number of hydrogen-bond acceptors (Lipinski definition) is 6. The molecule has 0 bridgehead atoms. The van der Waals surface area contributed by atoms with E-state index in [1.54, 1.807) is 36.1 Å². The monoisotopic (exact) mass is 560 g/mol. The van der Waals surface area contributed by atoms with Crippen molar-refractivity contribution in [2.24, 2.45) is 7.05 Å². The van der Waals surface area contributed by atoms with Gasteiger partial charge in [-0.1, -0.05) is 42.5 Å². The Morgan fingerprint density at radius 2 is 1.63 bits per heavy atom. The third kappa shape index (κ3) is 7.41. The quantitative estimate of drug-likeness (QED) is 0.205. The van der Waals surface area contributed by atoms with E-state index in [2.05, 4.69) is 15.3 Å². The molecule has 9 nitrogen and oxygen atoms in total. The molecular weight excluding hydrogens is 527 g/mol. The highest BCUT2D eigenvalue weighted by Crippen LogP contribution is 2.40. The van der Waals surface area contributed by atoms with Crippen molar-refractivity contribution in [2.45, 2.75) is 51.4 Å². The molecule has 1 amide bonds. The standard InChI is InChI=1S/C31H33FN4O5/c1-19-16-34-23(17-33-19)18-35-31(41)30-29(20-6-4-3-5-7-20)28(21-8-10-22(32)11-9-21)26(36(30)2)13-12-24(37)14-25(38)15-27(39)40/h3-11,16-17,24-25,37-38H,12-15,18H2,1-2H3,(H,35,41)(H,39,40)/t24-,25-/m1/s1. The van der Waals surface area contributed by atoms with E-state index in [0.29, 0.717) is 28.9 Å². The Morgan fingerprint density at radius 3 is 2.27 bits per heavy atom. The molecule has 214 valence electrons. The zero-order chi connectivity index (χ0) is 29.5. The highest BCUT2D eigenvalue weighted by atomic mass is 19.1.